The molecule has 188 valence electrons. The van der Waals surface area contributed by atoms with Crippen LogP contribution in [-0.2, 0) is 34.1 Å². The maximum atomic E-state index is 13.3. The second kappa shape index (κ2) is 10.2. The maximum Gasteiger partial charge on any atom is 0.436 e. The topological polar surface area (TPSA) is 96.8 Å². The van der Waals surface area contributed by atoms with Gasteiger partial charge in [0.25, 0.3) is 0 Å². The van der Waals surface area contributed by atoms with Crippen molar-refractivity contribution in [2.45, 2.75) is 19.3 Å². The van der Waals surface area contributed by atoms with E-state index in [1.807, 2.05) is 11.0 Å². The van der Waals surface area contributed by atoms with E-state index in [0.717, 1.165) is 16.6 Å². The van der Waals surface area contributed by atoms with Crippen LogP contribution in [0.3, 0.4) is 0 Å². The summed E-state index contributed by atoms with van der Waals surface area (Å²) in [6.45, 7) is 0.536. The largest absolute Gasteiger partial charge is 0.495 e. The van der Waals surface area contributed by atoms with Gasteiger partial charge >= 0.3 is 6.18 Å². The van der Waals surface area contributed by atoms with Gasteiger partial charge in [-0.05, 0) is 12.1 Å². The van der Waals surface area contributed by atoms with Gasteiger partial charge in [0.15, 0.2) is 5.69 Å². The third-order valence-electron chi connectivity index (χ3n) is 5.18. The number of sulfonamides is 1. The number of hydrogen-bond donors (Lipinski definition) is 1. The van der Waals surface area contributed by atoms with Crippen molar-refractivity contribution < 1.29 is 31.1 Å². The first-order valence-corrected chi connectivity index (χ1v) is 12.6. The van der Waals surface area contributed by atoms with E-state index in [-0.39, 0.29) is 5.69 Å². The molecule has 0 spiro atoms. The normalized spacial score (nSPS) is 15.0. The molecule has 2 aromatic rings. The summed E-state index contributed by atoms with van der Waals surface area (Å²) in [6.07, 6.45) is -4.01. The van der Waals surface area contributed by atoms with Crippen molar-refractivity contribution in [3.63, 3.8) is 0 Å². The SMILES string of the molecule is COc1cc(N2CCN(C(=O)Cn3nc(C(F)(F)F)c(Cl)c3CNS(C)(=O)=O)CC2)ccc1Cl. The molecule has 1 saturated heterocycles. The van der Waals surface area contributed by atoms with Crippen molar-refractivity contribution in [1.82, 2.24) is 19.4 Å². The van der Waals surface area contributed by atoms with Gasteiger partial charge in [-0.1, -0.05) is 23.2 Å². The number of rotatable bonds is 7. The van der Waals surface area contributed by atoms with Gasteiger partial charge in [0.2, 0.25) is 15.9 Å². The fraction of sp³-hybridized carbons (Fsp3) is 0.474. The summed E-state index contributed by atoms with van der Waals surface area (Å²) in [5.74, 6) is 0.0470. The Morgan fingerprint density at radius 1 is 1.21 bits per heavy atom. The number of benzene rings is 1. The Kier molecular flexibility index (Phi) is 7.90. The predicted molar refractivity (Wildman–Crippen MR) is 121 cm³/mol. The van der Waals surface area contributed by atoms with E-state index in [1.165, 1.54) is 12.0 Å². The highest BCUT2D eigenvalue weighted by atomic mass is 35.5. The molecule has 1 aliphatic heterocycles. The molecule has 15 heteroatoms. The summed E-state index contributed by atoms with van der Waals surface area (Å²) in [6, 6.07) is 5.32. The maximum absolute atomic E-state index is 13.3. The lowest BCUT2D eigenvalue weighted by Gasteiger charge is -2.36. The molecule has 1 aromatic heterocycles. The van der Waals surface area contributed by atoms with Crippen molar-refractivity contribution in [3.8, 4) is 5.75 Å². The average Bonchev–Trinajstić information content (AvgIpc) is 3.07. The van der Waals surface area contributed by atoms with E-state index in [2.05, 4.69) is 9.82 Å². The van der Waals surface area contributed by atoms with Crippen LogP contribution in [0.15, 0.2) is 18.2 Å². The molecule has 0 radical (unpaired) electrons. The van der Waals surface area contributed by atoms with Crippen LogP contribution in [0.4, 0.5) is 18.9 Å². The van der Waals surface area contributed by atoms with E-state index in [9.17, 15) is 26.4 Å². The van der Waals surface area contributed by atoms with E-state index in [4.69, 9.17) is 27.9 Å². The molecule has 0 saturated carbocycles. The number of methoxy groups -OCH3 is 1. The fourth-order valence-electron chi connectivity index (χ4n) is 3.44. The lowest BCUT2D eigenvalue weighted by atomic mass is 10.2. The number of anilines is 1. The summed E-state index contributed by atoms with van der Waals surface area (Å²) in [5.41, 5.74) is -0.774. The van der Waals surface area contributed by atoms with Gasteiger partial charge in [-0.25, -0.2) is 13.1 Å². The molecule has 34 heavy (non-hydrogen) atoms. The zero-order chi connectivity index (χ0) is 25.3. The molecular formula is C19H22Cl2F3N5O4S. The van der Waals surface area contributed by atoms with Crippen LogP contribution < -0.4 is 14.4 Å². The minimum Gasteiger partial charge on any atom is -0.495 e. The summed E-state index contributed by atoms with van der Waals surface area (Å²) in [7, 11) is -2.21. The summed E-state index contributed by atoms with van der Waals surface area (Å²) in [5, 5.41) is 3.16. The molecule has 1 aromatic carbocycles. The average molecular weight is 544 g/mol. The van der Waals surface area contributed by atoms with Crippen molar-refractivity contribution in [3.05, 3.63) is 39.6 Å². The lowest BCUT2D eigenvalue weighted by Crippen LogP contribution is -2.49. The van der Waals surface area contributed by atoms with E-state index in [0.29, 0.717) is 37.0 Å². The number of aromatic nitrogens is 2. The number of nitrogens with one attached hydrogen (secondary N) is 1. The van der Waals surface area contributed by atoms with Crippen molar-refractivity contribution in [2.24, 2.45) is 0 Å². The highest BCUT2D eigenvalue weighted by molar-refractivity contribution is 7.88. The van der Waals surface area contributed by atoms with Crippen molar-refractivity contribution in [2.75, 3.05) is 44.4 Å². The third kappa shape index (κ3) is 6.26. The first-order valence-electron chi connectivity index (χ1n) is 9.93. The fourth-order valence-corrected chi connectivity index (χ4v) is 4.35. The van der Waals surface area contributed by atoms with Crippen LogP contribution in [0.1, 0.15) is 11.4 Å². The molecule has 1 aliphatic rings. The molecule has 0 aliphatic carbocycles. The third-order valence-corrected chi connectivity index (χ3v) is 6.56. The van der Waals surface area contributed by atoms with Gasteiger partial charge in [0.05, 0.1) is 35.6 Å². The highest BCUT2D eigenvalue weighted by Gasteiger charge is 2.39. The molecule has 1 N–H and O–H groups in total. The van der Waals surface area contributed by atoms with Gasteiger partial charge in [-0.2, -0.15) is 18.3 Å². The second-order valence-corrected chi connectivity index (χ2v) is 10.2. The Hall–Kier alpha value is -2.22. The number of alkyl halides is 3. The molecule has 2 heterocycles. The van der Waals surface area contributed by atoms with Crippen molar-refractivity contribution in [1.29, 1.82) is 0 Å². The van der Waals surface area contributed by atoms with Crippen LogP contribution in [0, 0.1) is 0 Å². The van der Waals surface area contributed by atoms with E-state index in [1.54, 1.807) is 12.1 Å². The number of hydrogen-bond acceptors (Lipinski definition) is 6. The van der Waals surface area contributed by atoms with Gasteiger partial charge in [-0.3, -0.25) is 9.48 Å². The molecule has 9 nitrogen and oxygen atoms in total. The number of halogens is 5. The minimum atomic E-state index is -4.86. The predicted octanol–water partition coefficient (Wildman–Crippen LogP) is 2.62. The smallest absolute Gasteiger partial charge is 0.436 e. The Labute approximate surface area is 204 Å². The number of nitrogens with zero attached hydrogens (tertiary/aromatic N) is 4. The molecule has 1 amide bonds. The molecule has 0 unspecified atom stereocenters. The molecule has 0 bridgehead atoms. The Morgan fingerprint density at radius 2 is 1.85 bits per heavy atom. The number of carbonyl (C=O) groups excluding carboxylic acids is 1. The van der Waals surface area contributed by atoms with E-state index < -0.39 is 45.9 Å². The number of amides is 1. The molecule has 3 rings (SSSR count). The van der Waals surface area contributed by atoms with E-state index >= 15 is 0 Å². The Balaban J connectivity index is 1.72. The Morgan fingerprint density at radius 3 is 2.41 bits per heavy atom. The standard InChI is InChI=1S/C19H22Cl2F3N5O4S/c1-33-15-9-12(3-4-13(15)20)27-5-7-28(8-6-27)16(30)11-29-14(10-25-34(2,31)32)17(21)18(26-29)19(22,23)24/h3-4,9,25H,5-8,10-11H2,1-2H3. The Bertz CT molecular complexity index is 1170. The lowest BCUT2D eigenvalue weighted by molar-refractivity contribution is -0.142. The van der Waals surface area contributed by atoms with Crippen molar-refractivity contribution >= 4 is 44.8 Å². The quantitative estimate of drug-likeness (QED) is 0.576. The van der Waals surface area contributed by atoms with Gasteiger partial charge < -0.3 is 14.5 Å². The van der Waals surface area contributed by atoms with Crippen LogP contribution in [-0.4, -0.2) is 68.5 Å². The first-order chi connectivity index (χ1) is 15.8. The highest BCUT2D eigenvalue weighted by Crippen LogP contribution is 2.36. The molecule has 0 atom stereocenters. The zero-order valence-corrected chi connectivity index (χ0v) is 20.5. The summed E-state index contributed by atoms with van der Waals surface area (Å²) in [4.78, 5) is 16.4. The van der Waals surface area contributed by atoms with Gasteiger partial charge in [-0.15, -0.1) is 0 Å². The van der Waals surface area contributed by atoms with Crippen LogP contribution >= 0.6 is 23.2 Å². The summed E-state index contributed by atoms with van der Waals surface area (Å²) < 4.78 is 70.7. The zero-order valence-electron chi connectivity index (χ0n) is 18.2. The van der Waals surface area contributed by atoms with Gasteiger partial charge in [0.1, 0.15) is 12.3 Å². The van der Waals surface area contributed by atoms with Crippen LogP contribution in [0.2, 0.25) is 10.0 Å². The van der Waals surface area contributed by atoms with Crippen LogP contribution in [0.5, 0.6) is 5.75 Å². The number of ether oxygens (including phenoxy) is 1. The molecule has 1 fully saturated rings. The first kappa shape index (κ1) is 26.4. The second-order valence-electron chi connectivity index (χ2n) is 7.54. The van der Waals surface area contributed by atoms with Gasteiger partial charge in [0, 0.05) is 37.9 Å². The van der Waals surface area contributed by atoms with Crippen LogP contribution in [0.25, 0.3) is 0 Å². The number of carbonyl (C=O) groups is 1. The number of piperazine rings is 1. The monoisotopic (exact) mass is 543 g/mol. The summed E-state index contributed by atoms with van der Waals surface area (Å²) >= 11 is 11.9. The minimum absolute atomic E-state index is 0.250. The molecular weight excluding hydrogens is 522 g/mol.